The van der Waals surface area contributed by atoms with Gasteiger partial charge in [0.1, 0.15) is 0 Å². The number of allylic oxidation sites excluding steroid dienone is 1. The Bertz CT molecular complexity index is 512. The van der Waals surface area contributed by atoms with Crippen molar-refractivity contribution >= 4 is 5.69 Å². The lowest BCUT2D eigenvalue weighted by Crippen LogP contribution is -2.14. The summed E-state index contributed by atoms with van der Waals surface area (Å²) in [5.74, 6) is 0.660. The van der Waals surface area contributed by atoms with E-state index in [0.29, 0.717) is 5.92 Å². The normalized spacial score (nSPS) is 17.7. The Labute approximate surface area is 108 Å². The molecule has 1 aromatic rings. The van der Waals surface area contributed by atoms with Crippen LogP contribution in [0.25, 0.3) is 0 Å². The molecule has 94 valence electrons. The van der Waals surface area contributed by atoms with Crippen molar-refractivity contribution in [2.75, 3.05) is 5.32 Å². The van der Waals surface area contributed by atoms with E-state index in [1.165, 1.54) is 0 Å². The number of rotatable bonds is 3. The monoisotopic (exact) mass is 242 g/mol. The zero-order valence-electron chi connectivity index (χ0n) is 10.8. The lowest BCUT2D eigenvalue weighted by atomic mass is 9.82. The number of nitrogens with zero attached hydrogens (tertiary/aromatic N) is 1. The highest BCUT2D eigenvalue weighted by Crippen LogP contribution is 2.38. The summed E-state index contributed by atoms with van der Waals surface area (Å²) in [6.07, 6.45) is 2.75. The topological polar surface area (TPSA) is 56.0 Å². The van der Waals surface area contributed by atoms with Gasteiger partial charge in [0.05, 0.1) is 18.2 Å². The van der Waals surface area contributed by atoms with Crippen LogP contribution in [0.4, 0.5) is 5.69 Å². The van der Waals surface area contributed by atoms with Gasteiger partial charge in [-0.1, -0.05) is 26.0 Å². The fourth-order valence-corrected chi connectivity index (χ4v) is 2.39. The number of nitrogens with one attached hydrogen (secondary N) is 1. The molecular weight excluding hydrogens is 224 g/mol. The zero-order valence-corrected chi connectivity index (χ0v) is 10.8. The highest BCUT2D eigenvalue weighted by molar-refractivity contribution is 5.63. The van der Waals surface area contributed by atoms with Crippen molar-refractivity contribution in [3.8, 4) is 6.07 Å². The summed E-state index contributed by atoms with van der Waals surface area (Å²) >= 11 is 0. The van der Waals surface area contributed by atoms with Crippen LogP contribution in [0.1, 0.15) is 37.3 Å². The molecule has 1 heterocycles. The van der Waals surface area contributed by atoms with Crippen molar-refractivity contribution < 1.29 is 5.11 Å². The van der Waals surface area contributed by atoms with E-state index in [0.717, 1.165) is 28.8 Å². The molecule has 0 aliphatic carbocycles. The molecular formula is C15H18N2O. The van der Waals surface area contributed by atoms with Gasteiger partial charge in [-0.15, -0.1) is 0 Å². The minimum Gasteiger partial charge on any atom is -0.392 e. The van der Waals surface area contributed by atoms with E-state index in [1.54, 1.807) is 6.20 Å². The average Bonchev–Trinajstić information content (AvgIpc) is 2.38. The Morgan fingerprint density at radius 2 is 2.22 bits per heavy atom. The second kappa shape index (κ2) is 5.24. The molecule has 1 aromatic carbocycles. The van der Waals surface area contributed by atoms with Gasteiger partial charge in [0.25, 0.3) is 0 Å². The predicted molar refractivity (Wildman–Crippen MR) is 71.9 cm³/mol. The number of anilines is 1. The van der Waals surface area contributed by atoms with Gasteiger partial charge in [0, 0.05) is 17.8 Å². The summed E-state index contributed by atoms with van der Waals surface area (Å²) in [6, 6.07) is 8.15. The van der Waals surface area contributed by atoms with Gasteiger partial charge in [0.2, 0.25) is 0 Å². The van der Waals surface area contributed by atoms with Crippen molar-refractivity contribution in [2.24, 2.45) is 5.92 Å². The van der Waals surface area contributed by atoms with Crippen molar-refractivity contribution in [3.05, 3.63) is 41.1 Å². The summed E-state index contributed by atoms with van der Waals surface area (Å²) in [4.78, 5) is 0. The van der Waals surface area contributed by atoms with Crippen LogP contribution in [-0.4, -0.2) is 5.11 Å². The van der Waals surface area contributed by atoms with Gasteiger partial charge in [0.15, 0.2) is 0 Å². The third kappa shape index (κ3) is 2.39. The van der Waals surface area contributed by atoms with E-state index < -0.39 is 0 Å². The zero-order chi connectivity index (χ0) is 13.1. The van der Waals surface area contributed by atoms with Crippen molar-refractivity contribution in [3.63, 3.8) is 0 Å². The van der Waals surface area contributed by atoms with Crippen molar-refractivity contribution in [1.29, 1.82) is 5.26 Å². The molecule has 18 heavy (non-hydrogen) atoms. The molecule has 0 saturated heterocycles. The fourth-order valence-electron chi connectivity index (χ4n) is 2.39. The van der Waals surface area contributed by atoms with Crippen molar-refractivity contribution in [1.82, 2.24) is 0 Å². The summed E-state index contributed by atoms with van der Waals surface area (Å²) in [6.45, 7) is 4.35. The van der Waals surface area contributed by atoms with E-state index in [4.69, 9.17) is 0 Å². The van der Waals surface area contributed by atoms with E-state index in [9.17, 15) is 10.4 Å². The minimum atomic E-state index is 0.0350. The number of fused-ring (bicyclic) bond motifs is 1. The van der Waals surface area contributed by atoms with Gasteiger partial charge >= 0.3 is 0 Å². The summed E-state index contributed by atoms with van der Waals surface area (Å²) in [7, 11) is 0. The Hall–Kier alpha value is -1.79. The van der Waals surface area contributed by atoms with Gasteiger partial charge < -0.3 is 10.4 Å². The maximum absolute atomic E-state index is 9.23. The first-order valence-electron chi connectivity index (χ1n) is 6.26. The third-order valence-electron chi connectivity index (χ3n) is 3.27. The molecule has 0 fully saturated rings. The first kappa shape index (κ1) is 12.7. The third-order valence-corrected chi connectivity index (χ3v) is 3.27. The molecule has 3 nitrogen and oxygen atoms in total. The van der Waals surface area contributed by atoms with E-state index in [2.05, 4.69) is 25.2 Å². The second-order valence-electron chi connectivity index (χ2n) is 5.12. The Kier molecular flexibility index (Phi) is 3.69. The van der Waals surface area contributed by atoms with E-state index in [-0.39, 0.29) is 12.5 Å². The first-order valence-corrected chi connectivity index (χ1v) is 6.26. The molecule has 0 radical (unpaired) electrons. The number of benzene rings is 1. The maximum atomic E-state index is 9.23. The minimum absolute atomic E-state index is 0.0350. The highest BCUT2D eigenvalue weighted by atomic mass is 16.3. The molecule has 1 aliphatic heterocycles. The Morgan fingerprint density at radius 1 is 1.44 bits per heavy atom. The molecule has 0 spiro atoms. The number of nitriles is 1. The Morgan fingerprint density at radius 3 is 2.83 bits per heavy atom. The van der Waals surface area contributed by atoms with Crippen LogP contribution in [0, 0.1) is 17.2 Å². The average molecular weight is 242 g/mol. The van der Waals surface area contributed by atoms with Crippen LogP contribution in [0.15, 0.2) is 30.0 Å². The lowest BCUT2D eigenvalue weighted by Gasteiger charge is -2.26. The predicted octanol–water partition coefficient (Wildman–Crippen LogP) is 3.14. The molecule has 2 rings (SSSR count). The number of aliphatic hydroxyl groups is 1. The first-order chi connectivity index (χ1) is 8.65. The van der Waals surface area contributed by atoms with E-state index >= 15 is 0 Å². The summed E-state index contributed by atoms with van der Waals surface area (Å²) in [5, 5.41) is 21.6. The van der Waals surface area contributed by atoms with Crippen molar-refractivity contribution in [2.45, 2.75) is 32.8 Å². The molecule has 0 aromatic heterocycles. The summed E-state index contributed by atoms with van der Waals surface area (Å²) < 4.78 is 0. The SMILES string of the molecule is CC(C)CC1C(C#N)=CNc2ccc(CO)cc21. The van der Waals surface area contributed by atoms with Crippen LogP contribution in [0.5, 0.6) is 0 Å². The van der Waals surface area contributed by atoms with Crippen LogP contribution in [-0.2, 0) is 6.61 Å². The quantitative estimate of drug-likeness (QED) is 0.856. The van der Waals surface area contributed by atoms with Gasteiger partial charge in [-0.25, -0.2) is 0 Å². The van der Waals surface area contributed by atoms with Gasteiger partial charge in [-0.2, -0.15) is 5.26 Å². The fraction of sp³-hybridized carbons (Fsp3) is 0.400. The number of hydrogen-bond donors (Lipinski definition) is 2. The van der Waals surface area contributed by atoms with Gasteiger partial charge in [-0.05, 0) is 29.5 Å². The molecule has 3 heteroatoms. The lowest BCUT2D eigenvalue weighted by molar-refractivity contribution is 0.281. The molecule has 1 aliphatic rings. The standard InChI is InChI=1S/C15H18N2O/c1-10(2)5-13-12(7-16)8-17-15-4-3-11(9-18)6-14(13)15/h3-4,6,8,10,13,17-18H,5,9H2,1-2H3. The molecule has 0 bridgehead atoms. The second-order valence-corrected chi connectivity index (χ2v) is 5.12. The molecule has 1 atom stereocenters. The summed E-state index contributed by atoms with van der Waals surface area (Å²) in [5.41, 5.74) is 3.82. The van der Waals surface area contributed by atoms with Crippen LogP contribution < -0.4 is 5.32 Å². The van der Waals surface area contributed by atoms with Crippen LogP contribution >= 0.6 is 0 Å². The smallest absolute Gasteiger partial charge is 0.0968 e. The van der Waals surface area contributed by atoms with Crippen LogP contribution in [0.3, 0.4) is 0 Å². The van der Waals surface area contributed by atoms with E-state index in [1.807, 2.05) is 18.2 Å². The molecule has 0 saturated carbocycles. The number of hydrogen-bond acceptors (Lipinski definition) is 3. The largest absolute Gasteiger partial charge is 0.392 e. The maximum Gasteiger partial charge on any atom is 0.0968 e. The van der Waals surface area contributed by atoms with Gasteiger partial charge in [-0.3, -0.25) is 0 Å². The molecule has 1 unspecified atom stereocenters. The highest BCUT2D eigenvalue weighted by Gasteiger charge is 2.24. The Balaban J connectivity index is 2.43. The van der Waals surface area contributed by atoms with Crippen LogP contribution in [0.2, 0.25) is 0 Å². The molecule has 0 amide bonds. The molecule has 2 N–H and O–H groups in total. The number of aliphatic hydroxyl groups excluding tert-OH is 1.